The first-order valence-corrected chi connectivity index (χ1v) is 9.91. The number of benzene rings is 2. The van der Waals surface area contributed by atoms with E-state index in [0.717, 1.165) is 11.9 Å². The minimum absolute atomic E-state index is 0.188. The number of carbonyl (C=O) groups excluding carboxylic acids is 1. The van der Waals surface area contributed by atoms with Gasteiger partial charge in [0.1, 0.15) is 0 Å². The molecule has 1 aromatic heterocycles. The third-order valence-electron chi connectivity index (χ3n) is 4.91. The van der Waals surface area contributed by atoms with Crippen molar-refractivity contribution in [2.75, 3.05) is 13.1 Å². The van der Waals surface area contributed by atoms with Crippen LogP contribution in [0.15, 0.2) is 66.4 Å². The zero-order valence-electron chi connectivity index (χ0n) is 17.3. The fourth-order valence-corrected chi connectivity index (χ4v) is 3.50. The first-order valence-electron chi connectivity index (χ1n) is 9.91. The Hall–Kier alpha value is -2.81. The van der Waals surface area contributed by atoms with E-state index in [1.165, 1.54) is 22.1 Å². The fraction of sp³-hybridized carbons (Fsp3) is 0.320. The molecule has 0 bridgehead atoms. The molecule has 1 N–H and O–H groups in total. The van der Waals surface area contributed by atoms with Crippen LogP contribution in [-0.4, -0.2) is 28.9 Å². The molecule has 0 unspecified atom stereocenters. The Morgan fingerprint density at radius 1 is 1.04 bits per heavy atom. The summed E-state index contributed by atoms with van der Waals surface area (Å²) in [7, 11) is 0. The first kappa shape index (κ1) is 19.9. The van der Waals surface area contributed by atoms with Gasteiger partial charge in [-0.1, -0.05) is 81.0 Å². The molecule has 0 spiro atoms. The van der Waals surface area contributed by atoms with Crippen molar-refractivity contribution in [2.45, 2.75) is 34.1 Å². The van der Waals surface area contributed by atoms with Crippen molar-refractivity contribution in [3.8, 4) is 0 Å². The molecule has 0 radical (unpaired) electrons. The lowest BCUT2D eigenvalue weighted by Crippen LogP contribution is -2.41. The van der Waals surface area contributed by atoms with Crippen molar-refractivity contribution in [3.05, 3.63) is 77.5 Å². The van der Waals surface area contributed by atoms with E-state index in [9.17, 15) is 4.79 Å². The molecule has 0 atom stereocenters. The molecule has 0 aliphatic rings. The molecule has 146 valence electrons. The highest BCUT2D eigenvalue weighted by atomic mass is 16.2. The summed E-state index contributed by atoms with van der Waals surface area (Å²) in [6, 6.07) is 18.6. The van der Waals surface area contributed by atoms with Crippen LogP contribution in [0.4, 0.5) is 0 Å². The number of nitrogens with zero attached hydrogens (tertiary/aromatic N) is 1. The molecule has 1 heterocycles. The molecule has 1 amide bonds. The molecule has 2 aromatic carbocycles. The second-order valence-corrected chi connectivity index (χ2v) is 8.49. The van der Waals surface area contributed by atoms with Crippen LogP contribution < -0.4 is 0 Å². The monoisotopic (exact) mass is 374 g/mol. The summed E-state index contributed by atoms with van der Waals surface area (Å²) in [6.45, 7) is 9.42. The molecular formula is C25H30N2O. The van der Waals surface area contributed by atoms with E-state index in [2.05, 4.69) is 54.5 Å². The predicted molar refractivity (Wildman–Crippen MR) is 118 cm³/mol. The standard InChI is InChI=1S/C25H30N2O/c1-19(16-20-10-6-5-7-11-20)18-27(24(28)25(2,3)4)15-14-21-17-26-23-13-9-8-12-22(21)23/h5-13,16-17,26H,14-15,18H2,1-4H3/b19-16+. The molecule has 3 aromatic rings. The van der Waals surface area contributed by atoms with E-state index in [-0.39, 0.29) is 5.91 Å². The SMILES string of the molecule is C/C(=C\c1ccccc1)CN(CCc1c[nH]c2ccccc12)C(=O)C(C)(C)C. The molecular weight excluding hydrogens is 344 g/mol. The molecule has 0 saturated carbocycles. The summed E-state index contributed by atoms with van der Waals surface area (Å²) in [5.74, 6) is 0.188. The van der Waals surface area contributed by atoms with Gasteiger partial charge in [-0.15, -0.1) is 0 Å². The van der Waals surface area contributed by atoms with Crippen LogP contribution in [0.1, 0.15) is 38.8 Å². The van der Waals surface area contributed by atoms with Gasteiger partial charge in [-0.25, -0.2) is 0 Å². The number of aromatic amines is 1. The highest BCUT2D eigenvalue weighted by molar-refractivity contribution is 5.84. The van der Waals surface area contributed by atoms with Gasteiger partial charge in [0.25, 0.3) is 0 Å². The van der Waals surface area contributed by atoms with Crippen molar-refractivity contribution >= 4 is 22.9 Å². The Morgan fingerprint density at radius 2 is 1.71 bits per heavy atom. The van der Waals surface area contributed by atoms with E-state index in [1.54, 1.807) is 0 Å². The summed E-state index contributed by atoms with van der Waals surface area (Å²) >= 11 is 0. The lowest BCUT2D eigenvalue weighted by atomic mass is 9.94. The number of hydrogen-bond acceptors (Lipinski definition) is 1. The summed E-state index contributed by atoms with van der Waals surface area (Å²) < 4.78 is 0. The zero-order chi connectivity index (χ0) is 20.1. The summed E-state index contributed by atoms with van der Waals surface area (Å²) in [4.78, 5) is 18.4. The van der Waals surface area contributed by atoms with Crippen LogP contribution in [-0.2, 0) is 11.2 Å². The summed E-state index contributed by atoms with van der Waals surface area (Å²) in [5, 5.41) is 1.24. The van der Waals surface area contributed by atoms with Gasteiger partial charge < -0.3 is 9.88 Å². The van der Waals surface area contributed by atoms with Gasteiger partial charge in [0, 0.05) is 35.6 Å². The van der Waals surface area contributed by atoms with Crippen LogP contribution in [0.25, 0.3) is 17.0 Å². The summed E-state index contributed by atoms with van der Waals surface area (Å²) in [6.07, 6.45) is 5.07. The number of rotatable bonds is 6. The molecule has 3 heteroatoms. The molecule has 0 saturated heterocycles. The van der Waals surface area contributed by atoms with Gasteiger partial charge in [0.15, 0.2) is 0 Å². The van der Waals surface area contributed by atoms with E-state index in [0.29, 0.717) is 13.1 Å². The van der Waals surface area contributed by atoms with Gasteiger partial charge in [-0.3, -0.25) is 4.79 Å². The number of hydrogen-bond donors (Lipinski definition) is 1. The fourth-order valence-electron chi connectivity index (χ4n) is 3.50. The average molecular weight is 375 g/mol. The molecule has 3 nitrogen and oxygen atoms in total. The van der Waals surface area contributed by atoms with Crippen LogP contribution in [0.5, 0.6) is 0 Å². The van der Waals surface area contributed by atoms with E-state index < -0.39 is 5.41 Å². The Kier molecular flexibility index (Phi) is 6.03. The van der Waals surface area contributed by atoms with Crippen LogP contribution in [0.3, 0.4) is 0 Å². The van der Waals surface area contributed by atoms with Gasteiger partial charge in [0.2, 0.25) is 5.91 Å². The number of amides is 1. The maximum absolute atomic E-state index is 13.1. The third kappa shape index (κ3) is 4.92. The van der Waals surface area contributed by atoms with E-state index >= 15 is 0 Å². The Morgan fingerprint density at radius 3 is 2.43 bits per heavy atom. The van der Waals surface area contributed by atoms with E-state index in [1.807, 2.05) is 49.9 Å². The Bertz CT molecular complexity index is 961. The number of para-hydroxylation sites is 1. The van der Waals surface area contributed by atoms with Crippen LogP contribution in [0, 0.1) is 5.41 Å². The minimum atomic E-state index is -0.396. The second kappa shape index (κ2) is 8.47. The maximum Gasteiger partial charge on any atom is 0.228 e. The molecule has 0 aliphatic carbocycles. The smallest absolute Gasteiger partial charge is 0.228 e. The van der Waals surface area contributed by atoms with Gasteiger partial charge in [0.05, 0.1) is 0 Å². The number of H-pyrrole nitrogens is 1. The largest absolute Gasteiger partial charge is 0.361 e. The zero-order valence-corrected chi connectivity index (χ0v) is 17.3. The first-order chi connectivity index (χ1) is 13.3. The lowest BCUT2D eigenvalue weighted by Gasteiger charge is -2.30. The minimum Gasteiger partial charge on any atom is -0.361 e. The van der Waals surface area contributed by atoms with E-state index in [4.69, 9.17) is 0 Å². The van der Waals surface area contributed by atoms with Gasteiger partial charge >= 0.3 is 0 Å². The van der Waals surface area contributed by atoms with Crippen molar-refractivity contribution in [1.29, 1.82) is 0 Å². The van der Waals surface area contributed by atoms with Gasteiger partial charge in [-0.05, 0) is 30.5 Å². The number of fused-ring (bicyclic) bond motifs is 1. The van der Waals surface area contributed by atoms with Crippen LogP contribution in [0.2, 0.25) is 0 Å². The maximum atomic E-state index is 13.1. The van der Waals surface area contributed by atoms with Crippen molar-refractivity contribution in [2.24, 2.45) is 5.41 Å². The highest BCUT2D eigenvalue weighted by Gasteiger charge is 2.27. The normalized spacial score (nSPS) is 12.4. The Labute approximate surface area is 168 Å². The quantitative estimate of drug-likeness (QED) is 0.591. The van der Waals surface area contributed by atoms with Gasteiger partial charge in [-0.2, -0.15) is 0 Å². The Balaban J connectivity index is 1.77. The molecule has 0 fully saturated rings. The number of nitrogens with one attached hydrogen (secondary N) is 1. The lowest BCUT2D eigenvalue weighted by molar-refractivity contribution is -0.139. The molecule has 28 heavy (non-hydrogen) atoms. The topological polar surface area (TPSA) is 36.1 Å². The van der Waals surface area contributed by atoms with Crippen molar-refractivity contribution in [1.82, 2.24) is 9.88 Å². The second-order valence-electron chi connectivity index (χ2n) is 8.49. The average Bonchev–Trinajstić information content (AvgIpc) is 3.08. The summed E-state index contributed by atoms with van der Waals surface area (Å²) in [5.41, 5.74) is 4.36. The number of carbonyl (C=O) groups is 1. The third-order valence-corrected chi connectivity index (χ3v) is 4.91. The molecule has 0 aliphatic heterocycles. The predicted octanol–water partition coefficient (Wildman–Crippen LogP) is 5.69. The van der Waals surface area contributed by atoms with Crippen LogP contribution >= 0.6 is 0 Å². The highest BCUT2D eigenvalue weighted by Crippen LogP contribution is 2.22. The van der Waals surface area contributed by atoms with Crippen molar-refractivity contribution in [3.63, 3.8) is 0 Å². The van der Waals surface area contributed by atoms with Crippen molar-refractivity contribution < 1.29 is 4.79 Å². The number of aromatic nitrogens is 1. The molecule has 3 rings (SSSR count).